The summed E-state index contributed by atoms with van der Waals surface area (Å²) < 4.78 is 0. The van der Waals surface area contributed by atoms with Crippen LogP contribution in [0.5, 0.6) is 0 Å². The van der Waals surface area contributed by atoms with E-state index in [2.05, 4.69) is 11.4 Å². The molecule has 0 aromatic heterocycles. The molecule has 0 atom stereocenters. The van der Waals surface area contributed by atoms with Crippen molar-refractivity contribution in [2.75, 3.05) is 26.2 Å². The van der Waals surface area contributed by atoms with Crippen LogP contribution >= 0.6 is 0 Å². The Kier molecular flexibility index (Phi) is 2.59. The van der Waals surface area contributed by atoms with Gasteiger partial charge >= 0.3 is 0 Å². The largest absolute Gasteiger partial charge is 0.341 e. The van der Waals surface area contributed by atoms with E-state index in [1.54, 1.807) is 0 Å². The molecule has 17 heavy (non-hydrogen) atoms. The fraction of sp³-hybridized carbons (Fsp3) is 0.846. The summed E-state index contributed by atoms with van der Waals surface area (Å²) >= 11 is 0. The molecular formula is C13H19N3O. The maximum atomic E-state index is 12.2. The summed E-state index contributed by atoms with van der Waals surface area (Å²) in [5.41, 5.74) is -0.620. The van der Waals surface area contributed by atoms with Gasteiger partial charge in [0, 0.05) is 13.1 Å². The Morgan fingerprint density at radius 1 is 1.24 bits per heavy atom. The number of hydrogen-bond acceptors (Lipinski definition) is 3. The third-order valence-electron chi connectivity index (χ3n) is 4.68. The number of hydrogen-bond donors (Lipinski definition) is 1. The van der Waals surface area contributed by atoms with Crippen LogP contribution in [-0.2, 0) is 4.79 Å². The maximum absolute atomic E-state index is 12.2. The van der Waals surface area contributed by atoms with Crippen LogP contribution in [-0.4, -0.2) is 37.0 Å². The normalized spacial score (nSPS) is 28.3. The molecule has 0 aromatic rings. The van der Waals surface area contributed by atoms with E-state index in [0.717, 1.165) is 63.7 Å². The Labute approximate surface area is 102 Å². The Morgan fingerprint density at radius 2 is 1.88 bits per heavy atom. The Morgan fingerprint density at radius 3 is 2.29 bits per heavy atom. The first kappa shape index (κ1) is 11.0. The first-order valence-electron chi connectivity index (χ1n) is 6.66. The zero-order valence-electron chi connectivity index (χ0n) is 10.1. The van der Waals surface area contributed by atoms with E-state index in [1.165, 1.54) is 0 Å². The second-order valence-electron chi connectivity index (χ2n) is 5.74. The van der Waals surface area contributed by atoms with Gasteiger partial charge in [-0.15, -0.1) is 0 Å². The van der Waals surface area contributed by atoms with Crippen LogP contribution < -0.4 is 5.32 Å². The molecular weight excluding hydrogens is 214 g/mol. The van der Waals surface area contributed by atoms with Crippen molar-refractivity contribution in [1.82, 2.24) is 10.2 Å². The molecule has 2 heterocycles. The summed E-state index contributed by atoms with van der Waals surface area (Å²) in [5, 5.41) is 12.4. The van der Waals surface area contributed by atoms with Crippen LogP contribution in [0.25, 0.3) is 0 Å². The van der Waals surface area contributed by atoms with Crippen molar-refractivity contribution in [3.05, 3.63) is 0 Å². The Balaban J connectivity index is 1.54. The van der Waals surface area contributed by atoms with Gasteiger partial charge in [0.25, 0.3) is 0 Å². The molecule has 1 saturated carbocycles. The second kappa shape index (κ2) is 3.99. The highest BCUT2D eigenvalue weighted by molar-refractivity contribution is 5.88. The molecule has 4 heteroatoms. The van der Waals surface area contributed by atoms with Crippen molar-refractivity contribution in [2.45, 2.75) is 25.7 Å². The van der Waals surface area contributed by atoms with Crippen LogP contribution in [0.3, 0.4) is 0 Å². The van der Waals surface area contributed by atoms with Gasteiger partial charge in [0.05, 0.1) is 6.07 Å². The summed E-state index contributed by atoms with van der Waals surface area (Å²) in [7, 11) is 0. The lowest BCUT2D eigenvalue weighted by Gasteiger charge is -2.40. The third kappa shape index (κ3) is 1.83. The number of rotatable bonds is 2. The van der Waals surface area contributed by atoms with Gasteiger partial charge in [-0.25, -0.2) is 0 Å². The smallest absolute Gasteiger partial charge is 0.243 e. The lowest BCUT2D eigenvalue weighted by molar-refractivity contribution is -0.136. The molecule has 3 aliphatic rings. The van der Waals surface area contributed by atoms with E-state index in [1.807, 2.05) is 4.90 Å². The van der Waals surface area contributed by atoms with Crippen molar-refractivity contribution in [2.24, 2.45) is 17.3 Å². The van der Waals surface area contributed by atoms with Crippen molar-refractivity contribution < 1.29 is 4.79 Å². The van der Waals surface area contributed by atoms with E-state index in [-0.39, 0.29) is 5.91 Å². The fourth-order valence-corrected chi connectivity index (χ4v) is 3.02. The third-order valence-corrected chi connectivity index (χ3v) is 4.68. The van der Waals surface area contributed by atoms with Gasteiger partial charge in [-0.2, -0.15) is 5.26 Å². The minimum absolute atomic E-state index is 0.102. The molecule has 0 unspecified atom stereocenters. The van der Waals surface area contributed by atoms with Crippen LogP contribution in [0.2, 0.25) is 0 Å². The lowest BCUT2D eigenvalue weighted by Crippen LogP contribution is -2.50. The van der Waals surface area contributed by atoms with Crippen LogP contribution in [0.4, 0.5) is 0 Å². The van der Waals surface area contributed by atoms with E-state index in [4.69, 9.17) is 5.26 Å². The highest BCUT2D eigenvalue weighted by Gasteiger charge is 2.52. The van der Waals surface area contributed by atoms with Crippen molar-refractivity contribution in [3.63, 3.8) is 0 Å². The van der Waals surface area contributed by atoms with E-state index < -0.39 is 5.41 Å². The average Bonchev–Trinajstić information content (AvgIpc) is 3.08. The van der Waals surface area contributed by atoms with Gasteiger partial charge < -0.3 is 10.2 Å². The number of carbonyl (C=O) groups excluding carboxylic acids is 1. The quantitative estimate of drug-likeness (QED) is 0.765. The molecule has 0 spiro atoms. The first-order valence-corrected chi connectivity index (χ1v) is 6.66. The summed E-state index contributed by atoms with van der Waals surface area (Å²) in [6.07, 6.45) is 3.79. The number of nitrogens with one attached hydrogen (secondary N) is 1. The van der Waals surface area contributed by atoms with E-state index >= 15 is 0 Å². The highest BCUT2D eigenvalue weighted by atomic mass is 16.2. The molecule has 0 bridgehead atoms. The number of nitrogens with zero attached hydrogens (tertiary/aromatic N) is 2. The summed E-state index contributed by atoms with van der Waals surface area (Å²) in [5.74, 6) is 1.72. The summed E-state index contributed by atoms with van der Waals surface area (Å²) in [4.78, 5) is 14.1. The van der Waals surface area contributed by atoms with Crippen molar-refractivity contribution in [1.29, 1.82) is 5.26 Å². The monoisotopic (exact) mass is 233 g/mol. The number of amides is 1. The topological polar surface area (TPSA) is 56.1 Å². The molecule has 3 fully saturated rings. The predicted octanol–water partition coefficient (Wildman–Crippen LogP) is 0.748. The molecule has 1 amide bonds. The first-order chi connectivity index (χ1) is 8.25. The zero-order valence-corrected chi connectivity index (χ0v) is 10.1. The van der Waals surface area contributed by atoms with Crippen molar-refractivity contribution >= 4 is 5.91 Å². The fourth-order valence-electron chi connectivity index (χ4n) is 3.02. The molecule has 1 N–H and O–H groups in total. The lowest BCUT2D eigenvalue weighted by atomic mass is 9.80. The van der Waals surface area contributed by atoms with Crippen LogP contribution in [0.1, 0.15) is 25.7 Å². The van der Waals surface area contributed by atoms with Gasteiger partial charge in [0.1, 0.15) is 5.41 Å². The molecule has 0 radical (unpaired) electrons. The SMILES string of the molecule is N#CC1(C(=O)N2CCC(C3CNC3)CC2)CC1. The molecule has 1 aliphatic carbocycles. The minimum atomic E-state index is -0.620. The number of piperidine rings is 1. The average molecular weight is 233 g/mol. The highest BCUT2D eigenvalue weighted by Crippen LogP contribution is 2.47. The van der Waals surface area contributed by atoms with Gasteiger partial charge in [-0.05, 0) is 50.6 Å². The predicted molar refractivity (Wildman–Crippen MR) is 62.9 cm³/mol. The molecule has 2 saturated heterocycles. The minimum Gasteiger partial charge on any atom is -0.341 e. The Bertz CT molecular complexity index is 357. The van der Waals surface area contributed by atoms with E-state index in [0.29, 0.717) is 0 Å². The molecule has 3 rings (SSSR count). The standard InChI is InChI=1S/C13H19N3O/c14-9-13(3-4-13)12(17)16-5-1-10(2-6-16)11-7-15-8-11/h10-11,15H,1-8H2. The molecule has 0 aromatic carbocycles. The molecule has 92 valence electrons. The Hall–Kier alpha value is -1.08. The maximum Gasteiger partial charge on any atom is 0.243 e. The van der Waals surface area contributed by atoms with Crippen LogP contribution in [0, 0.1) is 28.6 Å². The molecule has 4 nitrogen and oxygen atoms in total. The van der Waals surface area contributed by atoms with Gasteiger partial charge in [-0.3, -0.25) is 4.79 Å². The number of likely N-dealkylation sites (tertiary alicyclic amines) is 1. The van der Waals surface area contributed by atoms with Gasteiger partial charge in [-0.1, -0.05) is 0 Å². The van der Waals surface area contributed by atoms with Crippen molar-refractivity contribution in [3.8, 4) is 6.07 Å². The van der Waals surface area contributed by atoms with E-state index in [9.17, 15) is 4.79 Å². The zero-order chi connectivity index (χ0) is 11.9. The summed E-state index contributed by atoms with van der Waals surface area (Å²) in [6.45, 7) is 4.04. The van der Waals surface area contributed by atoms with Crippen LogP contribution in [0.15, 0.2) is 0 Å². The number of carbonyl (C=O) groups is 1. The van der Waals surface area contributed by atoms with Gasteiger partial charge in [0.2, 0.25) is 5.91 Å². The van der Waals surface area contributed by atoms with Gasteiger partial charge in [0.15, 0.2) is 0 Å². The summed E-state index contributed by atoms with van der Waals surface area (Å²) in [6, 6.07) is 2.20. The molecule has 2 aliphatic heterocycles. The number of nitriles is 1. The second-order valence-corrected chi connectivity index (χ2v) is 5.74.